The lowest BCUT2D eigenvalue weighted by Crippen LogP contribution is -2.38. The molecule has 1 aromatic carbocycles. The SMILES string of the molecule is O=C(c1ccccc1)N1CCC(CCn2ccnc2)CC1. The topological polar surface area (TPSA) is 38.1 Å². The molecule has 1 aliphatic heterocycles. The number of aromatic nitrogens is 2. The summed E-state index contributed by atoms with van der Waals surface area (Å²) in [5.41, 5.74) is 0.800. The third-order valence-electron chi connectivity index (χ3n) is 4.28. The Morgan fingerprint density at radius 2 is 1.95 bits per heavy atom. The minimum Gasteiger partial charge on any atom is -0.339 e. The first-order valence-corrected chi connectivity index (χ1v) is 7.63. The van der Waals surface area contributed by atoms with Gasteiger partial charge in [0.15, 0.2) is 0 Å². The van der Waals surface area contributed by atoms with Crippen molar-refractivity contribution < 1.29 is 4.79 Å². The van der Waals surface area contributed by atoms with Crippen molar-refractivity contribution >= 4 is 5.91 Å². The number of imidazole rings is 1. The van der Waals surface area contributed by atoms with Crippen LogP contribution in [0.2, 0.25) is 0 Å². The van der Waals surface area contributed by atoms with Gasteiger partial charge in [-0.05, 0) is 37.3 Å². The molecule has 1 aromatic heterocycles. The first-order valence-electron chi connectivity index (χ1n) is 7.63. The first kappa shape index (κ1) is 13.9. The Labute approximate surface area is 125 Å². The molecular weight excluding hydrogens is 262 g/mol. The number of likely N-dealkylation sites (tertiary alicyclic amines) is 1. The Hall–Kier alpha value is -2.10. The molecule has 3 rings (SSSR count). The zero-order valence-corrected chi connectivity index (χ0v) is 12.2. The molecule has 4 heteroatoms. The summed E-state index contributed by atoms with van der Waals surface area (Å²) in [6.07, 6.45) is 9.08. The summed E-state index contributed by atoms with van der Waals surface area (Å²) in [5.74, 6) is 0.885. The summed E-state index contributed by atoms with van der Waals surface area (Å²) in [6, 6.07) is 9.58. The zero-order valence-electron chi connectivity index (χ0n) is 12.2. The van der Waals surface area contributed by atoms with Crippen molar-refractivity contribution in [1.82, 2.24) is 14.5 Å². The third kappa shape index (κ3) is 3.51. The number of nitrogens with zero attached hydrogens (tertiary/aromatic N) is 3. The molecule has 2 aromatic rings. The maximum atomic E-state index is 12.4. The number of hydrogen-bond donors (Lipinski definition) is 0. The van der Waals surface area contributed by atoms with Gasteiger partial charge < -0.3 is 9.47 Å². The van der Waals surface area contributed by atoms with E-state index in [1.807, 2.05) is 54.0 Å². The predicted molar refractivity (Wildman–Crippen MR) is 81.9 cm³/mol. The molecule has 0 spiro atoms. The van der Waals surface area contributed by atoms with Crippen molar-refractivity contribution in [2.24, 2.45) is 5.92 Å². The fraction of sp³-hybridized carbons (Fsp3) is 0.412. The number of hydrogen-bond acceptors (Lipinski definition) is 2. The lowest BCUT2D eigenvalue weighted by atomic mass is 9.93. The van der Waals surface area contributed by atoms with Crippen molar-refractivity contribution in [2.75, 3.05) is 13.1 Å². The van der Waals surface area contributed by atoms with Crippen molar-refractivity contribution in [3.63, 3.8) is 0 Å². The van der Waals surface area contributed by atoms with E-state index in [1.54, 1.807) is 0 Å². The second-order valence-electron chi connectivity index (χ2n) is 5.69. The summed E-state index contributed by atoms with van der Waals surface area (Å²) in [6.45, 7) is 2.78. The predicted octanol–water partition coefficient (Wildman–Crippen LogP) is 2.83. The van der Waals surface area contributed by atoms with Crippen LogP contribution in [0.5, 0.6) is 0 Å². The zero-order chi connectivity index (χ0) is 14.5. The van der Waals surface area contributed by atoms with Gasteiger partial charge in [0.2, 0.25) is 0 Å². The number of rotatable bonds is 4. The van der Waals surface area contributed by atoms with Gasteiger partial charge in [-0.1, -0.05) is 18.2 Å². The van der Waals surface area contributed by atoms with E-state index in [-0.39, 0.29) is 5.91 Å². The average molecular weight is 283 g/mol. The van der Waals surface area contributed by atoms with Crippen LogP contribution in [0.15, 0.2) is 49.1 Å². The Morgan fingerprint density at radius 3 is 2.62 bits per heavy atom. The maximum Gasteiger partial charge on any atom is 0.253 e. The van der Waals surface area contributed by atoms with Crippen LogP contribution in [-0.2, 0) is 6.54 Å². The molecule has 0 radical (unpaired) electrons. The molecule has 1 fully saturated rings. The minimum atomic E-state index is 0.170. The highest BCUT2D eigenvalue weighted by atomic mass is 16.2. The first-order chi connectivity index (χ1) is 10.3. The van der Waals surface area contributed by atoms with Crippen LogP contribution in [0.25, 0.3) is 0 Å². The fourth-order valence-corrected chi connectivity index (χ4v) is 2.94. The second kappa shape index (κ2) is 6.57. The molecule has 1 amide bonds. The smallest absolute Gasteiger partial charge is 0.253 e. The van der Waals surface area contributed by atoms with Gasteiger partial charge in [0.05, 0.1) is 6.33 Å². The summed E-state index contributed by atoms with van der Waals surface area (Å²) < 4.78 is 2.13. The van der Waals surface area contributed by atoms with Crippen LogP contribution in [-0.4, -0.2) is 33.4 Å². The molecular formula is C17H21N3O. The highest BCUT2D eigenvalue weighted by Crippen LogP contribution is 2.22. The molecule has 110 valence electrons. The Kier molecular flexibility index (Phi) is 4.34. The average Bonchev–Trinajstić information content (AvgIpc) is 3.07. The van der Waals surface area contributed by atoms with Crippen LogP contribution < -0.4 is 0 Å². The third-order valence-corrected chi connectivity index (χ3v) is 4.28. The maximum absolute atomic E-state index is 12.4. The van der Waals surface area contributed by atoms with Crippen molar-refractivity contribution in [3.8, 4) is 0 Å². The number of piperidine rings is 1. The molecule has 0 unspecified atom stereocenters. The van der Waals surface area contributed by atoms with Crippen molar-refractivity contribution in [2.45, 2.75) is 25.8 Å². The quantitative estimate of drug-likeness (QED) is 0.865. The molecule has 21 heavy (non-hydrogen) atoms. The van der Waals surface area contributed by atoms with E-state index in [0.29, 0.717) is 5.92 Å². The standard InChI is InChI=1S/C17H21N3O/c21-17(16-4-2-1-3-5-16)20-11-7-15(8-12-20)6-10-19-13-9-18-14-19/h1-5,9,13-15H,6-8,10-12H2. The molecule has 0 atom stereocenters. The van der Waals surface area contributed by atoms with Gasteiger partial charge in [0.1, 0.15) is 0 Å². The second-order valence-corrected chi connectivity index (χ2v) is 5.69. The van der Waals surface area contributed by atoms with Gasteiger partial charge in [-0.25, -0.2) is 4.98 Å². The Bertz CT molecular complexity index is 557. The highest BCUT2D eigenvalue weighted by Gasteiger charge is 2.23. The van der Waals surface area contributed by atoms with E-state index in [0.717, 1.165) is 38.0 Å². The van der Waals surface area contributed by atoms with E-state index in [9.17, 15) is 4.79 Å². The number of carbonyl (C=O) groups is 1. The molecule has 4 nitrogen and oxygen atoms in total. The molecule has 0 bridgehead atoms. The van der Waals surface area contributed by atoms with Crippen LogP contribution >= 0.6 is 0 Å². The molecule has 0 aliphatic carbocycles. The molecule has 0 N–H and O–H groups in total. The van der Waals surface area contributed by atoms with Gasteiger partial charge in [0, 0.05) is 37.6 Å². The fourth-order valence-electron chi connectivity index (χ4n) is 2.94. The molecule has 0 saturated carbocycles. The van der Waals surface area contributed by atoms with Crippen molar-refractivity contribution in [1.29, 1.82) is 0 Å². The molecule has 2 heterocycles. The highest BCUT2D eigenvalue weighted by molar-refractivity contribution is 5.94. The van der Waals surface area contributed by atoms with Crippen LogP contribution in [0.3, 0.4) is 0 Å². The van der Waals surface area contributed by atoms with Gasteiger partial charge in [-0.3, -0.25) is 4.79 Å². The summed E-state index contributed by atoms with van der Waals surface area (Å²) >= 11 is 0. The van der Waals surface area contributed by atoms with Crippen molar-refractivity contribution in [3.05, 3.63) is 54.6 Å². The van der Waals surface area contributed by atoms with E-state index >= 15 is 0 Å². The number of aryl methyl sites for hydroxylation is 1. The van der Waals surface area contributed by atoms with Crippen LogP contribution in [0.1, 0.15) is 29.6 Å². The van der Waals surface area contributed by atoms with Gasteiger partial charge in [-0.15, -0.1) is 0 Å². The summed E-state index contributed by atoms with van der Waals surface area (Å²) in [7, 11) is 0. The summed E-state index contributed by atoms with van der Waals surface area (Å²) in [5, 5.41) is 0. The molecule has 1 aliphatic rings. The van der Waals surface area contributed by atoms with E-state index in [1.165, 1.54) is 6.42 Å². The van der Waals surface area contributed by atoms with Gasteiger partial charge >= 0.3 is 0 Å². The largest absolute Gasteiger partial charge is 0.339 e. The number of amides is 1. The molecule has 1 saturated heterocycles. The minimum absolute atomic E-state index is 0.170. The summed E-state index contributed by atoms with van der Waals surface area (Å²) in [4.78, 5) is 18.4. The van der Waals surface area contributed by atoms with Gasteiger partial charge in [0.25, 0.3) is 5.91 Å². The Balaban J connectivity index is 1.47. The lowest BCUT2D eigenvalue weighted by molar-refractivity contribution is 0.0685. The Morgan fingerprint density at radius 1 is 1.19 bits per heavy atom. The lowest BCUT2D eigenvalue weighted by Gasteiger charge is -2.32. The van der Waals surface area contributed by atoms with Gasteiger partial charge in [-0.2, -0.15) is 0 Å². The van der Waals surface area contributed by atoms with E-state index < -0.39 is 0 Å². The normalized spacial score (nSPS) is 16.1. The van der Waals surface area contributed by atoms with Crippen LogP contribution in [0, 0.1) is 5.92 Å². The van der Waals surface area contributed by atoms with E-state index in [4.69, 9.17) is 0 Å². The van der Waals surface area contributed by atoms with E-state index in [2.05, 4.69) is 9.55 Å². The monoisotopic (exact) mass is 283 g/mol. The number of carbonyl (C=O) groups excluding carboxylic acids is 1. The number of benzene rings is 1. The van der Waals surface area contributed by atoms with Crippen LogP contribution in [0.4, 0.5) is 0 Å².